The van der Waals surface area contributed by atoms with Gasteiger partial charge in [0.15, 0.2) is 5.82 Å². The van der Waals surface area contributed by atoms with E-state index in [1.807, 2.05) is 21.0 Å². The predicted molar refractivity (Wildman–Crippen MR) is 164 cm³/mol. The highest BCUT2D eigenvalue weighted by Crippen LogP contribution is 2.45. The zero-order valence-electron chi connectivity index (χ0n) is 25.7. The normalized spacial score (nSPS) is 17.4. The van der Waals surface area contributed by atoms with Crippen LogP contribution in [0.3, 0.4) is 0 Å². The van der Waals surface area contributed by atoms with Crippen LogP contribution in [0.5, 0.6) is 0 Å². The van der Waals surface area contributed by atoms with E-state index in [4.69, 9.17) is 4.74 Å². The average molecular weight is 602 g/mol. The fourth-order valence-corrected chi connectivity index (χ4v) is 5.60. The number of likely N-dealkylation sites (N-methyl/N-ethyl adjacent to an activating group) is 1. The number of halogens is 1. The summed E-state index contributed by atoms with van der Waals surface area (Å²) in [6.07, 6.45) is 1.32. The number of carbonyl (C=O) groups excluding carboxylic acids is 2. The first-order valence-electron chi connectivity index (χ1n) is 14.3. The van der Waals surface area contributed by atoms with Gasteiger partial charge in [-0.15, -0.1) is 0 Å². The number of hydrogen-bond acceptors (Lipinski definition) is 9. The molecule has 0 bridgehead atoms. The molecule has 2 amide bonds. The molecule has 3 heterocycles. The summed E-state index contributed by atoms with van der Waals surface area (Å²) >= 11 is 0. The van der Waals surface area contributed by atoms with Crippen molar-refractivity contribution in [2.45, 2.75) is 45.1 Å². The van der Waals surface area contributed by atoms with E-state index in [-0.39, 0.29) is 42.8 Å². The van der Waals surface area contributed by atoms with Crippen molar-refractivity contribution in [2.75, 3.05) is 55.5 Å². The number of anilines is 4. The van der Waals surface area contributed by atoms with Crippen LogP contribution in [0.2, 0.25) is 0 Å². The highest BCUT2D eigenvalue weighted by atomic mass is 19.1. The van der Waals surface area contributed by atoms with Crippen LogP contribution in [0.15, 0.2) is 36.5 Å². The molecule has 0 radical (unpaired) electrons. The fourth-order valence-electron chi connectivity index (χ4n) is 5.60. The minimum Gasteiger partial charge on any atom is -0.443 e. The molecule has 1 unspecified atom stereocenters. The lowest BCUT2D eigenvalue weighted by atomic mass is 9.83. The summed E-state index contributed by atoms with van der Waals surface area (Å²) < 4.78 is 21.2. The topological polar surface area (TPSA) is 135 Å². The van der Waals surface area contributed by atoms with Gasteiger partial charge < -0.3 is 25.0 Å². The van der Waals surface area contributed by atoms with Crippen molar-refractivity contribution in [1.29, 1.82) is 5.26 Å². The molecule has 11 nitrogen and oxygen atoms in total. The maximum atomic E-state index is 15.6. The van der Waals surface area contributed by atoms with Crippen molar-refractivity contribution in [3.63, 3.8) is 0 Å². The molecule has 2 N–H and O–H groups in total. The zero-order valence-corrected chi connectivity index (χ0v) is 25.7. The van der Waals surface area contributed by atoms with Gasteiger partial charge in [0.1, 0.15) is 11.7 Å². The van der Waals surface area contributed by atoms with E-state index >= 15 is 4.39 Å². The van der Waals surface area contributed by atoms with Crippen LogP contribution >= 0.6 is 0 Å². The number of aromatic nitrogens is 2. The van der Waals surface area contributed by atoms with Gasteiger partial charge in [0.05, 0.1) is 35.8 Å². The summed E-state index contributed by atoms with van der Waals surface area (Å²) in [4.78, 5) is 39.4. The maximum Gasteiger partial charge on any atom is 0.414 e. The van der Waals surface area contributed by atoms with E-state index in [2.05, 4.69) is 21.4 Å². The second kappa shape index (κ2) is 11.5. The van der Waals surface area contributed by atoms with E-state index < -0.39 is 22.9 Å². The van der Waals surface area contributed by atoms with Crippen LogP contribution in [0.1, 0.15) is 44.4 Å². The van der Waals surface area contributed by atoms with Gasteiger partial charge >= 0.3 is 6.09 Å². The molecule has 12 heteroatoms. The van der Waals surface area contributed by atoms with Crippen LogP contribution < -0.4 is 15.1 Å². The minimum absolute atomic E-state index is 0.0949. The van der Waals surface area contributed by atoms with Gasteiger partial charge in [0, 0.05) is 41.5 Å². The lowest BCUT2D eigenvalue weighted by Crippen LogP contribution is -2.40. The molecule has 0 saturated heterocycles. The quantitative estimate of drug-likeness (QED) is 0.423. The number of ether oxygens (including phenoxy) is 1. The van der Waals surface area contributed by atoms with E-state index in [1.165, 1.54) is 11.1 Å². The first-order chi connectivity index (χ1) is 20.7. The standard InChI is InChI=1S/C32H36FN7O4/c1-31(2,3)44-30(43)40-17-32(4,18-41)22-14-19(13-20(15-34)28(22)40)23-9-11-35-29(36-23)37-24-7-8-25-21(27(24)33)10-12-39(25)26(42)16-38(5)6/h7-9,11,13-14,41H,10,12,16-18H2,1-6H3,(H,35,36,37). The van der Waals surface area contributed by atoms with Gasteiger partial charge in [-0.25, -0.2) is 19.2 Å². The van der Waals surface area contributed by atoms with Crippen molar-refractivity contribution in [3.8, 4) is 17.3 Å². The monoisotopic (exact) mass is 601 g/mol. The second-order valence-corrected chi connectivity index (χ2v) is 12.7. The summed E-state index contributed by atoms with van der Waals surface area (Å²) in [5, 5.41) is 23.4. The smallest absolute Gasteiger partial charge is 0.414 e. The molecule has 2 aliphatic heterocycles. The number of benzene rings is 2. The molecule has 3 aromatic rings. The molecule has 0 aliphatic carbocycles. The summed E-state index contributed by atoms with van der Waals surface area (Å²) in [5.41, 5.74) is 1.87. The largest absolute Gasteiger partial charge is 0.443 e. The molecule has 2 aliphatic rings. The van der Waals surface area contributed by atoms with Crippen molar-refractivity contribution in [1.82, 2.24) is 14.9 Å². The number of nitrogens with zero attached hydrogens (tertiary/aromatic N) is 6. The summed E-state index contributed by atoms with van der Waals surface area (Å²) in [7, 11) is 3.62. The Hall–Kier alpha value is -4.60. The first-order valence-corrected chi connectivity index (χ1v) is 14.3. The van der Waals surface area contributed by atoms with Crippen molar-refractivity contribution < 1.29 is 23.8 Å². The van der Waals surface area contributed by atoms with Crippen LogP contribution in [0.25, 0.3) is 11.3 Å². The van der Waals surface area contributed by atoms with Crippen LogP contribution in [-0.4, -0.2) is 77.9 Å². The van der Waals surface area contributed by atoms with E-state index in [0.29, 0.717) is 46.7 Å². The lowest BCUT2D eigenvalue weighted by molar-refractivity contribution is -0.119. The van der Waals surface area contributed by atoms with Gasteiger partial charge in [-0.3, -0.25) is 9.69 Å². The predicted octanol–water partition coefficient (Wildman–Crippen LogP) is 4.35. The van der Waals surface area contributed by atoms with E-state index in [9.17, 15) is 20.0 Å². The molecular formula is C32H36FN7O4. The zero-order chi connectivity index (χ0) is 32.0. The Morgan fingerprint density at radius 2 is 1.98 bits per heavy atom. The first kappa shape index (κ1) is 30.8. The van der Waals surface area contributed by atoms with Crippen LogP contribution in [-0.2, 0) is 21.4 Å². The molecule has 230 valence electrons. The number of aliphatic hydroxyl groups excluding tert-OH is 1. The second-order valence-electron chi connectivity index (χ2n) is 12.7. The van der Waals surface area contributed by atoms with Crippen molar-refractivity contribution >= 4 is 35.0 Å². The number of hydrogen-bond donors (Lipinski definition) is 2. The third kappa shape index (κ3) is 5.80. The molecular weight excluding hydrogens is 565 g/mol. The Morgan fingerprint density at radius 1 is 1.23 bits per heavy atom. The van der Waals surface area contributed by atoms with Crippen LogP contribution in [0.4, 0.5) is 32.2 Å². The number of nitriles is 1. The average Bonchev–Trinajstić information content (AvgIpc) is 3.53. The minimum atomic E-state index is -0.850. The molecule has 5 rings (SSSR count). The van der Waals surface area contributed by atoms with Gasteiger partial charge in [-0.2, -0.15) is 5.26 Å². The third-order valence-corrected chi connectivity index (χ3v) is 7.67. The summed E-state index contributed by atoms with van der Waals surface area (Å²) in [6, 6.07) is 10.6. The summed E-state index contributed by atoms with van der Waals surface area (Å²) in [5.74, 6) is -0.427. The Labute approximate surface area is 255 Å². The molecule has 2 aromatic carbocycles. The molecule has 0 spiro atoms. The van der Waals surface area contributed by atoms with Crippen LogP contribution in [0, 0.1) is 17.1 Å². The number of carbonyl (C=O) groups is 2. The fraction of sp³-hybridized carbons (Fsp3) is 0.406. The molecule has 0 fully saturated rings. The Kier molecular flexibility index (Phi) is 8.05. The lowest BCUT2D eigenvalue weighted by Gasteiger charge is -2.26. The maximum absolute atomic E-state index is 15.6. The van der Waals surface area contributed by atoms with Gasteiger partial charge in [-0.05, 0) is 77.2 Å². The van der Waals surface area contributed by atoms with Crippen molar-refractivity contribution in [2.24, 2.45) is 0 Å². The molecule has 44 heavy (non-hydrogen) atoms. The van der Waals surface area contributed by atoms with E-state index in [0.717, 1.165) is 0 Å². The Balaban J connectivity index is 1.46. The Morgan fingerprint density at radius 3 is 2.64 bits per heavy atom. The van der Waals surface area contributed by atoms with Gasteiger partial charge in [0.2, 0.25) is 11.9 Å². The number of fused-ring (bicyclic) bond motifs is 2. The van der Waals surface area contributed by atoms with Crippen molar-refractivity contribution in [3.05, 3.63) is 59.0 Å². The summed E-state index contributed by atoms with van der Waals surface area (Å²) in [6.45, 7) is 7.62. The highest BCUT2D eigenvalue weighted by molar-refractivity contribution is 5.97. The SMILES string of the molecule is CN(C)CC(=O)N1CCc2c1ccc(Nc1nccc(-c3cc(C#N)c4c(c3)C(C)(CO)CN4C(=O)OC(C)(C)C)n1)c2F. The third-order valence-electron chi connectivity index (χ3n) is 7.67. The Bertz CT molecular complexity index is 1680. The number of aliphatic hydroxyl groups is 1. The number of nitrogens with one attached hydrogen (secondary N) is 1. The molecule has 1 atom stereocenters. The van der Waals surface area contributed by atoms with Gasteiger partial charge in [0.25, 0.3) is 0 Å². The molecule has 0 saturated carbocycles. The van der Waals surface area contributed by atoms with Gasteiger partial charge in [-0.1, -0.05) is 6.92 Å². The highest BCUT2D eigenvalue weighted by Gasteiger charge is 2.44. The van der Waals surface area contributed by atoms with E-state index in [1.54, 1.807) is 60.9 Å². The molecule has 1 aromatic heterocycles. The number of amides is 2. The number of rotatable bonds is 6.